The summed E-state index contributed by atoms with van der Waals surface area (Å²) in [6.07, 6.45) is -1.85. The zero-order chi connectivity index (χ0) is 28.8. The van der Waals surface area contributed by atoms with E-state index in [9.17, 15) is 19.5 Å². The first kappa shape index (κ1) is 33.5. The van der Waals surface area contributed by atoms with E-state index in [0.29, 0.717) is 48.9 Å². The summed E-state index contributed by atoms with van der Waals surface area (Å²) in [5.74, 6) is -0.0199. The SMILES string of the molecule is CC(C)CNC(=O)[C@@H](CC(C)C)ONC(=O)c1ccc(C(O)NO[C@H](CC(C)C)C(=O)NCC(C)C)cc1. The third kappa shape index (κ3) is 13.3. The first-order valence-corrected chi connectivity index (χ1v) is 13.5. The summed E-state index contributed by atoms with van der Waals surface area (Å²) in [6.45, 7) is 17.0. The van der Waals surface area contributed by atoms with Crippen LogP contribution in [0.15, 0.2) is 24.3 Å². The summed E-state index contributed by atoms with van der Waals surface area (Å²) in [5.41, 5.74) is 5.64. The highest BCUT2D eigenvalue weighted by molar-refractivity contribution is 5.93. The van der Waals surface area contributed by atoms with Crippen molar-refractivity contribution in [1.29, 1.82) is 0 Å². The maximum absolute atomic E-state index is 12.6. The number of amides is 3. The maximum Gasteiger partial charge on any atom is 0.274 e. The highest BCUT2D eigenvalue weighted by Gasteiger charge is 2.24. The van der Waals surface area contributed by atoms with Crippen molar-refractivity contribution in [2.45, 2.75) is 86.7 Å². The Balaban J connectivity index is 2.71. The van der Waals surface area contributed by atoms with Crippen molar-refractivity contribution in [2.24, 2.45) is 23.7 Å². The third-order valence-corrected chi connectivity index (χ3v) is 5.43. The molecule has 216 valence electrons. The van der Waals surface area contributed by atoms with Gasteiger partial charge in [-0.15, -0.1) is 0 Å². The van der Waals surface area contributed by atoms with Crippen LogP contribution in [0.25, 0.3) is 0 Å². The fourth-order valence-corrected chi connectivity index (χ4v) is 3.33. The standard InChI is InChI=1S/C28H48N4O6/c1-17(2)13-23(27(35)29-15-19(5)6)37-31-25(33)21-9-11-22(12-10-21)26(34)32-38-24(14-18(3)4)28(36)30-16-20(7)8/h9-12,17-20,23-25,31,33H,13-16H2,1-8H3,(H,29,35)(H,30,36)(H,32,34)/t23-,24-,25?/m1/s1. The maximum atomic E-state index is 12.6. The number of aliphatic hydroxyl groups excluding tert-OH is 1. The molecule has 10 heteroatoms. The van der Waals surface area contributed by atoms with E-state index in [4.69, 9.17) is 9.68 Å². The Morgan fingerprint density at radius 3 is 1.58 bits per heavy atom. The van der Waals surface area contributed by atoms with Gasteiger partial charge in [0.2, 0.25) is 0 Å². The molecule has 38 heavy (non-hydrogen) atoms. The van der Waals surface area contributed by atoms with Crippen LogP contribution in [0.4, 0.5) is 0 Å². The van der Waals surface area contributed by atoms with Gasteiger partial charge in [-0.05, 0) is 54.2 Å². The minimum absolute atomic E-state index is 0.193. The molecule has 1 aromatic rings. The average molecular weight is 537 g/mol. The van der Waals surface area contributed by atoms with Crippen molar-refractivity contribution in [3.8, 4) is 0 Å². The molecule has 0 fully saturated rings. The quantitative estimate of drug-likeness (QED) is 0.152. The van der Waals surface area contributed by atoms with Crippen LogP contribution < -0.4 is 21.6 Å². The van der Waals surface area contributed by atoms with Gasteiger partial charge in [-0.25, -0.2) is 5.48 Å². The lowest BCUT2D eigenvalue weighted by Crippen LogP contribution is -2.42. The van der Waals surface area contributed by atoms with Crippen LogP contribution in [0.2, 0.25) is 0 Å². The Bertz CT molecular complexity index is 857. The number of hydroxylamine groups is 2. The molecule has 0 heterocycles. The summed E-state index contributed by atoms with van der Waals surface area (Å²) < 4.78 is 0. The minimum Gasteiger partial charge on any atom is -0.372 e. The van der Waals surface area contributed by atoms with Gasteiger partial charge in [0.25, 0.3) is 17.7 Å². The Hall–Kier alpha value is -2.53. The lowest BCUT2D eigenvalue weighted by atomic mass is 10.1. The first-order valence-electron chi connectivity index (χ1n) is 13.5. The van der Waals surface area contributed by atoms with E-state index >= 15 is 0 Å². The van der Waals surface area contributed by atoms with Gasteiger partial charge in [0.05, 0.1) is 0 Å². The van der Waals surface area contributed by atoms with Crippen LogP contribution in [0.1, 0.15) is 90.4 Å². The Morgan fingerprint density at radius 1 is 0.711 bits per heavy atom. The van der Waals surface area contributed by atoms with E-state index in [-0.39, 0.29) is 23.7 Å². The molecular weight excluding hydrogens is 488 g/mol. The van der Waals surface area contributed by atoms with Gasteiger partial charge in [0, 0.05) is 18.7 Å². The largest absolute Gasteiger partial charge is 0.372 e. The Labute approximate surface area is 227 Å². The van der Waals surface area contributed by atoms with Gasteiger partial charge in [0.1, 0.15) is 0 Å². The second-order valence-electron chi connectivity index (χ2n) is 11.3. The van der Waals surface area contributed by atoms with Crippen LogP contribution in [0.3, 0.4) is 0 Å². The normalized spacial score (nSPS) is 14.0. The Morgan fingerprint density at radius 2 is 1.16 bits per heavy atom. The molecular formula is C28H48N4O6. The van der Waals surface area contributed by atoms with E-state index in [2.05, 4.69) is 21.6 Å². The van der Waals surface area contributed by atoms with Crippen molar-refractivity contribution in [3.63, 3.8) is 0 Å². The van der Waals surface area contributed by atoms with E-state index in [1.807, 2.05) is 55.4 Å². The minimum atomic E-state index is -1.21. The molecule has 0 radical (unpaired) electrons. The van der Waals surface area contributed by atoms with Gasteiger partial charge >= 0.3 is 0 Å². The fourth-order valence-electron chi connectivity index (χ4n) is 3.33. The topological polar surface area (TPSA) is 138 Å². The number of aliphatic hydroxyl groups is 1. The van der Waals surface area contributed by atoms with Crippen LogP contribution >= 0.6 is 0 Å². The molecule has 1 unspecified atom stereocenters. The monoisotopic (exact) mass is 536 g/mol. The molecule has 0 aromatic heterocycles. The van der Waals surface area contributed by atoms with Gasteiger partial charge in [0.15, 0.2) is 18.4 Å². The average Bonchev–Trinajstić information content (AvgIpc) is 2.85. The molecule has 0 spiro atoms. The molecule has 0 saturated heterocycles. The summed E-state index contributed by atoms with van der Waals surface area (Å²) in [7, 11) is 0. The molecule has 0 aliphatic carbocycles. The predicted molar refractivity (Wildman–Crippen MR) is 146 cm³/mol. The second-order valence-corrected chi connectivity index (χ2v) is 11.3. The van der Waals surface area contributed by atoms with Crippen molar-refractivity contribution in [3.05, 3.63) is 35.4 Å². The smallest absolute Gasteiger partial charge is 0.274 e. The number of hydrogen-bond acceptors (Lipinski definition) is 7. The molecule has 3 amide bonds. The van der Waals surface area contributed by atoms with Crippen molar-refractivity contribution in [2.75, 3.05) is 13.1 Å². The number of benzene rings is 1. The lowest BCUT2D eigenvalue weighted by Gasteiger charge is -2.22. The molecule has 10 nitrogen and oxygen atoms in total. The van der Waals surface area contributed by atoms with E-state index in [0.717, 1.165) is 0 Å². The molecule has 0 saturated carbocycles. The highest BCUT2D eigenvalue weighted by atomic mass is 16.7. The van der Waals surface area contributed by atoms with Gasteiger partial charge in [-0.1, -0.05) is 67.5 Å². The van der Waals surface area contributed by atoms with Crippen molar-refractivity contribution in [1.82, 2.24) is 21.6 Å². The number of rotatable bonds is 17. The molecule has 3 atom stereocenters. The highest BCUT2D eigenvalue weighted by Crippen LogP contribution is 2.15. The summed E-state index contributed by atoms with van der Waals surface area (Å²) >= 11 is 0. The van der Waals surface area contributed by atoms with Crippen LogP contribution in [0, 0.1) is 23.7 Å². The van der Waals surface area contributed by atoms with Crippen LogP contribution in [0.5, 0.6) is 0 Å². The lowest BCUT2D eigenvalue weighted by molar-refractivity contribution is -0.149. The van der Waals surface area contributed by atoms with Gasteiger partial charge < -0.3 is 15.7 Å². The number of hydrogen-bond donors (Lipinski definition) is 5. The summed E-state index contributed by atoms with van der Waals surface area (Å²) in [4.78, 5) is 48.6. The van der Waals surface area contributed by atoms with E-state index in [1.54, 1.807) is 12.1 Å². The van der Waals surface area contributed by atoms with Crippen molar-refractivity contribution < 1.29 is 29.2 Å². The number of nitrogens with one attached hydrogen (secondary N) is 4. The predicted octanol–water partition coefficient (Wildman–Crippen LogP) is 3.23. The number of carbonyl (C=O) groups excluding carboxylic acids is 3. The molecule has 0 bridgehead atoms. The molecule has 5 N–H and O–H groups in total. The second kappa shape index (κ2) is 17.1. The van der Waals surface area contributed by atoms with Crippen LogP contribution in [-0.2, 0) is 19.3 Å². The molecule has 1 rings (SSSR count). The third-order valence-electron chi connectivity index (χ3n) is 5.43. The van der Waals surface area contributed by atoms with E-state index in [1.165, 1.54) is 12.1 Å². The molecule has 0 aliphatic rings. The zero-order valence-corrected chi connectivity index (χ0v) is 24.2. The fraction of sp³-hybridized carbons (Fsp3) is 0.679. The zero-order valence-electron chi connectivity index (χ0n) is 24.2. The molecule has 0 aliphatic heterocycles. The number of carbonyl (C=O) groups is 3. The van der Waals surface area contributed by atoms with Crippen molar-refractivity contribution >= 4 is 17.7 Å². The van der Waals surface area contributed by atoms with Gasteiger partial charge in [-0.2, -0.15) is 5.48 Å². The summed E-state index contributed by atoms with van der Waals surface area (Å²) in [5, 5.41) is 16.2. The van der Waals surface area contributed by atoms with E-state index < -0.39 is 24.3 Å². The Kier molecular flexibility index (Phi) is 15.1. The molecule has 1 aromatic carbocycles. The summed E-state index contributed by atoms with van der Waals surface area (Å²) in [6, 6.07) is 6.17. The first-order chi connectivity index (χ1) is 17.8. The van der Waals surface area contributed by atoms with Crippen LogP contribution in [-0.4, -0.2) is 48.1 Å². The van der Waals surface area contributed by atoms with Gasteiger partial charge in [-0.3, -0.25) is 24.1 Å².